The minimum atomic E-state index is -1.49. The van der Waals surface area contributed by atoms with Crippen LogP contribution in [0.3, 0.4) is 0 Å². The van der Waals surface area contributed by atoms with E-state index in [1.807, 2.05) is 0 Å². The summed E-state index contributed by atoms with van der Waals surface area (Å²) in [6, 6.07) is 7.15. The van der Waals surface area contributed by atoms with Gasteiger partial charge in [-0.25, -0.2) is 9.59 Å². The number of aliphatic carboxylic acids is 1. The highest BCUT2D eigenvalue weighted by atomic mass is 32.2. The van der Waals surface area contributed by atoms with E-state index in [0.29, 0.717) is 11.1 Å². The lowest BCUT2D eigenvalue weighted by Gasteiger charge is -2.49. The smallest absolute Gasteiger partial charge is 0.353 e. The highest BCUT2D eigenvalue weighted by molar-refractivity contribution is 8.00. The van der Waals surface area contributed by atoms with Crippen molar-refractivity contribution >= 4 is 59.3 Å². The molecule has 180 valence electrons. The Hall–Kier alpha value is -3.25. The first-order valence-electron chi connectivity index (χ1n) is 10.1. The predicted molar refractivity (Wildman–Crippen MR) is 124 cm³/mol. The number of thiocarbonyl (C=S) groups is 1. The summed E-state index contributed by atoms with van der Waals surface area (Å²) in [5.41, 5.74) is -0.504. The minimum absolute atomic E-state index is 0.0708. The Morgan fingerprint density at radius 2 is 1.88 bits per heavy atom. The number of fused-ring (bicyclic) bond motifs is 1. The van der Waals surface area contributed by atoms with Crippen molar-refractivity contribution in [3.05, 3.63) is 47.2 Å². The number of hydrogen-bond donors (Lipinski definition) is 2. The molecule has 0 spiro atoms. The van der Waals surface area contributed by atoms with E-state index in [9.17, 15) is 29.1 Å². The number of benzene rings is 1. The van der Waals surface area contributed by atoms with Gasteiger partial charge in [0.15, 0.2) is 11.5 Å². The molecule has 10 nitrogen and oxygen atoms in total. The Balaban J connectivity index is 1.84. The number of amides is 2. The van der Waals surface area contributed by atoms with Crippen LogP contribution in [0.1, 0.15) is 32.3 Å². The monoisotopic (exact) mass is 506 g/mol. The van der Waals surface area contributed by atoms with Gasteiger partial charge in [-0.15, -0.1) is 11.8 Å². The molecule has 2 unspecified atom stereocenters. The van der Waals surface area contributed by atoms with Crippen molar-refractivity contribution in [2.75, 3.05) is 5.75 Å². The number of hydrogen-bond acceptors (Lipinski definition) is 9. The quantitative estimate of drug-likeness (QED) is 0.241. The Kier molecular flexibility index (Phi) is 7.41. The maximum atomic E-state index is 13.2. The topological polar surface area (TPSA) is 139 Å². The summed E-state index contributed by atoms with van der Waals surface area (Å²) in [7, 11) is 0. The van der Waals surface area contributed by atoms with Crippen LogP contribution in [0, 0.1) is 0 Å². The fourth-order valence-electron chi connectivity index (χ4n) is 3.53. The van der Waals surface area contributed by atoms with E-state index in [1.54, 1.807) is 51.1 Å². The van der Waals surface area contributed by atoms with Crippen molar-refractivity contribution in [1.82, 2.24) is 10.2 Å². The zero-order valence-electron chi connectivity index (χ0n) is 18.5. The van der Waals surface area contributed by atoms with Crippen LogP contribution >= 0.6 is 24.0 Å². The van der Waals surface area contributed by atoms with Crippen LogP contribution in [-0.2, 0) is 33.4 Å². The van der Waals surface area contributed by atoms with Crippen molar-refractivity contribution in [2.45, 2.75) is 43.7 Å². The number of carbonyl (C=O) groups excluding carboxylic acids is 4. The van der Waals surface area contributed by atoms with Gasteiger partial charge in [-0.1, -0.05) is 30.3 Å². The number of carbonyl (C=O) groups is 5. The number of rotatable bonds is 7. The molecule has 1 saturated heterocycles. The van der Waals surface area contributed by atoms with Crippen LogP contribution in [-0.4, -0.2) is 68.1 Å². The number of nitrogens with one attached hydrogen (secondary N) is 1. The molecule has 0 aromatic heterocycles. The number of nitrogens with zero attached hydrogens (tertiary/aromatic N) is 1. The third-order valence-electron chi connectivity index (χ3n) is 4.91. The van der Waals surface area contributed by atoms with Crippen molar-refractivity contribution < 1.29 is 38.6 Å². The van der Waals surface area contributed by atoms with E-state index in [-0.39, 0.29) is 11.3 Å². The van der Waals surface area contributed by atoms with E-state index >= 15 is 0 Å². The normalized spacial score (nSPS) is 20.4. The SMILES string of the molecule is CC(C)(C)OC(=O)C(C(=O)NC1C(=O)N2C(C(=O)O)=C(C(=O)OC=S)CS[C@@H]12)c1ccccc1. The first-order valence-corrected chi connectivity index (χ1v) is 11.6. The summed E-state index contributed by atoms with van der Waals surface area (Å²) in [4.78, 5) is 63.6. The van der Waals surface area contributed by atoms with E-state index < -0.39 is 58.4 Å². The zero-order chi connectivity index (χ0) is 25.2. The van der Waals surface area contributed by atoms with Crippen LogP contribution in [0.25, 0.3) is 0 Å². The lowest BCUT2D eigenvalue weighted by molar-refractivity contribution is -0.160. The standard InChI is InChI=1S/C22H22N2O8S2/c1-22(2,3)32-21(30)13(11-7-5-4-6-8-11)16(25)23-14-17(26)24-15(19(27)28)12(9-34-18(14)24)20(29)31-10-33/h4-8,10,13-14,18H,9H2,1-3H3,(H,23,25)(H,27,28)/t13?,14?,18-/m0/s1. The van der Waals surface area contributed by atoms with Gasteiger partial charge in [-0.05, 0) is 38.6 Å². The average molecular weight is 507 g/mol. The van der Waals surface area contributed by atoms with E-state index in [1.165, 1.54) is 0 Å². The van der Waals surface area contributed by atoms with Gasteiger partial charge in [0.05, 0.1) is 5.57 Å². The summed E-state index contributed by atoms with van der Waals surface area (Å²) in [6.45, 7) is 5.01. The number of carboxylic acids is 1. The third-order valence-corrected chi connectivity index (χ3v) is 6.28. The predicted octanol–water partition coefficient (Wildman–Crippen LogP) is 1.35. The molecule has 0 saturated carbocycles. The molecule has 0 bridgehead atoms. The Morgan fingerprint density at radius 1 is 1.24 bits per heavy atom. The molecule has 1 aromatic rings. The van der Waals surface area contributed by atoms with Crippen LogP contribution in [0.4, 0.5) is 0 Å². The number of β-lactam (4-membered cyclic amide) rings is 1. The molecule has 2 amide bonds. The molecule has 34 heavy (non-hydrogen) atoms. The Morgan fingerprint density at radius 3 is 2.44 bits per heavy atom. The van der Waals surface area contributed by atoms with E-state index in [0.717, 1.165) is 16.7 Å². The van der Waals surface area contributed by atoms with Gasteiger partial charge < -0.3 is 19.9 Å². The second kappa shape index (κ2) is 9.94. The molecule has 12 heteroatoms. The molecule has 3 rings (SSSR count). The van der Waals surface area contributed by atoms with Crippen molar-refractivity contribution in [2.24, 2.45) is 0 Å². The molecule has 1 aromatic carbocycles. The first kappa shape index (κ1) is 25.4. The molecule has 0 radical (unpaired) electrons. The largest absolute Gasteiger partial charge is 0.477 e. The van der Waals surface area contributed by atoms with Crippen molar-refractivity contribution in [1.29, 1.82) is 0 Å². The molecular formula is C22H22N2O8S2. The van der Waals surface area contributed by atoms with Gasteiger partial charge in [-0.3, -0.25) is 19.3 Å². The molecule has 2 heterocycles. The molecule has 0 aliphatic carbocycles. The number of ether oxygens (including phenoxy) is 2. The van der Waals surface area contributed by atoms with Gasteiger partial charge >= 0.3 is 17.9 Å². The highest BCUT2D eigenvalue weighted by Crippen LogP contribution is 2.41. The lowest BCUT2D eigenvalue weighted by Crippen LogP contribution is -2.71. The lowest BCUT2D eigenvalue weighted by atomic mass is 9.96. The first-order chi connectivity index (χ1) is 16.0. The maximum Gasteiger partial charge on any atom is 0.353 e. The molecule has 2 N–H and O–H groups in total. The van der Waals surface area contributed by atoms with Crippen LogP contribution in [0.5, 0.6) is 0 Å². The van der Waals surface area contributed by atoms with Crippen LogP contribution in [0.2, 0.25) is 0 Å². The van der Waals surface area contributed by atoms with E-state index in [4.69, 9.17) is 4.74 Å². The second-order valence-corrected chi connectivity index (χ2v) is 9.70. The molecule has 1 fully saturated rings. The maximum absolute atomic E-state index is 13.2. The highest BCUT2D eigenvalue weighted by Gasteiger charge is 2.55. The average Bonchev–Trinajstić information content (AvgIpc) is 2.76. The second-order valence-electron chi connectivity index (χ2n) is 8.41. The molecule has 3 atom stereocenters. The van der Waals surface area contributed by atoms with Crippen LogP contribution < -0.4 is 5.32 Å². The summed E-state index contributed by atoms with van der Waals surface area (Å²) < 4.78 is 10.0. The zero-order valence-corrected chi connectivity index (χ0v) is 20.1. The summed E-state index contributed by atoms with van der Waals surface area (Å²) in [6.07, 6.45) is 0. The van der Waals surface area contributed by atoms with Crippen molar-refractivity contribution in [3.63, 3.8) is 0 Å². The number of carboxylic acid groups (broad SMARTS) is 1. The van der Waals surface area contributed by atoms with E-state index in [2.05, 4.69) is 22.3 Å². The summed E-state index contributed by atoms with van der Waals surface area (Å²) >= 11 is 5.55. The Labute approximate surface area is 204 Å². The molecule has 2 aliphatic rings. The minimum Gasteiger partial charge on any atom is -0.477 e. The van der Waals surface area contributed by atoms with Gasteiger partial charge in [0.1, 0.15) is 22.7 Å². The number of thioether (sulfide) groups is 1. The van der Waals surface area contributed by atoms with Gasteiger partial charge in [0, 0.05) is 5.75 Å². The van der Waals surface area contributed by atoms with Gasteiger partial charge in [-0.2, -0.15) is 0 Å². The third kappa shape index (κ3) is 5.12. The van der Waals surface area contributed by atoms with Gasteiger partial charge in [0.2, 0.25) is 5.91 Å². The fraction of sp³-hybridized carbons (Fsp3) is 0.364. The van der Waals surface area contributed by atoms with Crippen molar-refractivity contribution in [3.8, 4) is 0 Å². The van der Waals surface area contributed by atoms with Gasteiger partial charge in [0.25, 0.3) is 5.91 Å². The van der Waals surface area contributed by atoms with Crippen LogP contribution in [0.15, 0.2) is 41.6 Å². The fourth-order valence-corrected chi connectivity index (χ4v) is 4.94. The molecular weight excluding hydrogens is 484 g/mol. The number of esters is 2. The summed E-state index contributed by atoms with van der Waals surface area (Å²) in [5.74, 6) is -6.13. The Bertz CT molecular complexity index is 1080. The summed E-state index contributed by atoms with van der Waals surface area (Å²) in [5, 5.41) is 11.4. The molecule has 2 aliphatic heterocycles.